The highest BCUT2D eigenvalue weighted by Gasteiger charge is 2.11. The van der Waals surface area contributed by atoms with Gasteiger partial charge in [0.25, 0.3) is 0 Å². The second kappa shape index (κ2) is 6.64. The number of ether oxygens (including phenoxy) is 1. The van der Waals surface area contributed by atoms with Crippen molar-refractivity contribution in [2.45, 2.75) is 20.3 Å². The highest BCUT2D eigenvalue weighted by Crippen LogP contribution is 2.20. The zero-order valence-electron chi connectivity index (χ0n) is 10.5. The smallest absolute Gasteiger partial charge is 0.339 e. The van der Waals surface area contributed by atoms with Crippen LogP contribution >= 0.6 is 0 Å². The highest BCUT2D eigenvalue weighted by atomic mass is 16.5. The standard InChI is InChI=1S/C13H17NO4/c1-3-14-12(15)6-7-18-11-5-4-9(2)8-10(11)13(16)17/h4-5,8H,3,6-7H2,1-2H3,(H,14,15)(H,16,17). The van der Waals surface area contributed by atoms with Gasteiger partial charge >= 0.3 is 5.97 Å². The minimum absolute atomic E-state index is 0.110. The van der Waals surface area contributed by atoms with Gasteiger partial charge in [-0.15, -0.1) is 0 Å². The molecule has 0 radical (unpaired) electrons. The number of carboxylic acid groups (broad SMARTS) is 1. The summed E-state index contributed by atoms with van der Waals surface area (Å²) in [5.74, 6) is -0.856. The molecule has 0 unspecified atom stereocenters. The summed E-state index contributed by atoms with van der Waals surface area (Å²) in [6.07, 6.45) is 0.209. The molecule has 0 fully saturated rings. The molecule has 2 N–H and O–H groups in total. The first kappa shape index (κ1) is 14.0. The molecule has 0 aliphatic carbocycles. The average molecular weight is 251 g/mol. The van der Waals surface area contributed by atoms with Crippen LogP contribution in [-0.4, -0.2) is 30.1 Å². The van der Waals surface area contributed by atoms with Gasteiger partial charge in [-0.2, -0.15) is 0 Å². The average Bonchev–Trinajstić information content (AvgIpc) is 2.31. The van der Waals surface area contributed by atoms with Gasteiger partial charge in [0.2, 0.25) is 5.91 Å². The van der Waals surface area contributed by atoms with Gasteiger partial charge < -0.3 is 15.2 Å². The summed E-state index contributed by atoms with van der Waals surface area (Å²) in [4.78, 5) is 22.2. The van der Waals surface area contributed by atoms with E-state index in [-0.39, 0.29) is 30.2 Å². The fraction of sp³-hybridized carbons (Fsp3) is 0.385. The van der Waals surface area contributed by atoms with Crippen molar-refractivity contribution in [1.29, 1.82) is 0 Å². The van der Waals surface area contributed by atoms with E-state index in [0.29, 0.717) is 6.54 Å². The number of amides is 1. The number of carboxylic acids is 1. The first-order chi connectivity index (χ1) is 8.54. The maximum atomic E-state index is 11.2. The number of hydrogen-bond donors (Lipinski definition) is 2. The van der Waals surface area contributed by atoms with Gasteiger partial charge in [0.05, 0.1) is 13.0 Å². The second-order valence-corrected chi connectivity index (χ2v) is 3.86. The fourth-order valence-electron chi connectivity index (χ4n) is 1.48. The summed E-state index contributed by atoms with van der Waals surface area (Å²) < 4.78 is 5.33. The minimum atomic E-state index is -1.04. The van der Waals surface area contributed by atoms with Crippen LogP contribution in [0.2, 0.25) is 0 Å². The lowest BCUT2D eigenvalue weighted by Crippen LogP contribution is -2.24. The van der Waals surface area contributed by atoms with Crippen LogP contribution in [0.15, 0.2) is 18.2 Å². The van der Waals surface area contributed by atoms with Gasteiger partial charge in [-0.25, -0.2) is 4.79 Å². The number of aromatic carboxylic acids is 1. The van der Waals surface area contributed by atoms with Crippen molar-refractivity contribution in [3.63, 3.8) is 0 Å². The molecule has 98 valence electrons. The number of benzene rings is 1. The molecule has 5 nitrogen and oxygen atoms in total. The fourth-order valence-corrected chi connectivity index (χ4v) is 1.48. The Morgan fingerprint density at radius 2 is 2.11 bits per heavy atom. The molecule has 0 atom stereocenters. The van der Waals surface area contributed by atoms with E-state index in [1.807, 2.05) is 13.8 Å². The molecule has 1 aromatic carbocycles. The van der Waals surface area contributed by atoms with Crippen molar-refractivity contribution >= 4 is 11.9 Å². The Labute approximate surface area is 106 Å². The lowest BCUT2D eigenvalue weighted by molar-refractivity contribution is -0.121. The first-order valence-corrected chi connectivity index (χ1v) is 5.78. The Balaban J connectivity index is 2.62. The van der Waals surface area contributed by atoms with E-state index >= 15 is 0 Å². The molecular weight excluding hydrogens is 234 g/mol. The van der Waals surface area contributed by atoms with Gasteiger partial charge in [0, 0.05) is 6.54 Å². The Morgan fingerprint density at radius 1 is 1.39 bits per heavy atom. The number of carbonyl (C=O) groups excluding carboxylic acids is 1. The van der Waals surface area contributed by atoms with E-state index in [4.69, 9.17) is 9.84 Å². The third-order valence-corrected chi connectivity index (χ3v) is 2.33. The number of nitrogens with one attached hydrogen (secondary N) is 1. The summed E-state index contributed by atoms with van der Waals surface area (Å²) in [6, 6.07) is 4.92. The van der Waals surface area contributed by atoms with Crippen LogP contribution in [0.3, 0.4) is 0 Å². The minimum Gasteiger partial charge on any atom is -0.492 e. The molecule has 1 amide bonds. The third kappa shape index (κ3) is 4.08. The molecule has 0 saturated carbocycles. The quantitative estimate of drug-likeness (QED) is 0.805. The third-order valence-electron chi connectivity index (χ3n) is 2.33. The maximum absolute atomic E-state index is 11.2. The van der Waals surface area contributed by atoms with Crippen LogP contribution < -0.4 is 10.1 Å². The zero-order chi connectivity index (χ0) is 13.5. The molecule has 0 heterocycles. The Morgan fingerprint density at radius 3 is 2.72 bits per heavy atom. The number of hydrogen-bond acceptors (Lipinski definition) is 3. The van der Waals surface area contributed by atoms with Crippen molar-refractivity contribution in [2.75, 3.05) is 13.2 Å². The number of aryl methyl sites for hydroxylation is 1. The van der Waals surface area contributed by atoms with E-state index in [1.165, 1.54) is 0 Å². The lowest BCUT2D eigenvalue weighted by Gasteiger charge is -2.09. The molecule has 0 bridgehead atoms. The molecule has 0 aromatic heterocycles. The molecule has 5 heteroatoms. The molecular formula is C13H17NO4. The summed E-state index contributed by atoms with van der Waals surface area (Å²) in [6.45, 7) is 4.38. The molecule has 0 aliphatic heterocycles. The number of carbonyl (C=O) groups is 2. The normalized spacial score (nSPS) is 9.89. The van der Waals surface area contributed by atoms with Crippen molar-refractivity contribution < 1.29 is 19.4 Å². The van der Waals surface area contributed by atoms with Crippen LogP contribution in [0, 0.1) is 6.92 Å². The topological polar surface area (TPSA) is 75.6 Å². The Hall–Kier alpha value is -2.04. The predicted octanol–water partition coefficient (Wildman–Crippen LogP) is 1.60. The molecule has 0 spiro atoms. The highest BCUT2D eigenvalue weighted by molar-refractivity contribution is 5.91. The largest absolute Gasteiger partial charge is 0.492 e. The molecule has 1 rings (SSSR count). The van der Waals surface area contributed by atoms with Gasteiger partial charge in [-0.3, -0.25) is 4.79 Å². The zero-order valence-corrected chi connectivity index (χ0v) is 10.5. The summed E-state index contributed by atoms with van der Waals surface area (Å²) in [7, 11) is 0. The monoisotopic (exact) mass is 251 g/mol. The summed E-state index contributed by atoms with van der Waals surface area (Å²) >= 11 is 0. The molecule has 0 aliphatic rings. The SMILES string of the molecule is CCNC(=O)CCOc1ccc(C)cc1C(=O)O. The molecule has 0 saturated heterocycles. The van der Waals surface area contributed by atoms with Gasteiger partial charge in [0.1, 0.15) is 11.3 Å². The number of rotatable bonds is 6. The van der Waals surface area contributed by atoms with Gasteiger partial charge in [-0.1, -0.05) is 11.6 Å². The van der Waals surface area contributed by atoms with Crippen molar-refractivity contribution in [3.05, 3.63) is 29.3 Å². The summed E-state index contributed by atoms with van der Waals surface area (Å²) in [5, 5.41) is 11.7. The second-order valence-electron chi connectivity index (χ2n) is 3.86. The maximum Gasteiger partial charge on any atom is 0.339 e. The van der Waals surface area contributed by atoms with E-state index in [1.54, 1.807) is 18.2 Å². The van der Waals surface area contributed by atoms with Crippen LogP contribution in [0.1, 0.15) is 29.3 Å². The lowest BCUT2D eigenvalue weighted by atomic mass is 10.1. The van der Waals surface area contributed by atoms with Gasteiger partial charge in [-0.05, 0) is 26.0 Å². The van der Waals surface area contributed by atoms with E-state index in [2.05, 4.69) is 5.32 Å². The Bertz CT molecular complexity index is 443. The summed E-state index contributed by atoms with van der Waals surface area (Å²) in [5.41, 5.74) is 0.967. The predicted molar refractivity (Wildman–Crippen MR) is 66.9 cm³/mol. The van der Waals surface area contributed by atoms with Crippen LogP contribution in [0.25, 0.3) is 0 Å². The van der Waals surface area contributed by atoms with Crippen LogP contribution in [0.5, 0.6) is 5.75 Å². The van der Waals surface area contributed by atoms with Crippen molar-refractivity contribution in [2.24, 2.45) is 0 Å². The van der Waals surface area contributed by atoms with Crippen LogP contribution in [-0.2, 0) is 4.79 Å². The van der Waals surface area contributed by atoms with Crippen LogP contribution in [0.4, 0.5) is 0 Å². The first-order valence-electron chi connectivity index (χ1n) is 5.78. The Kier molecular flexibility index (Phi) is 5.17. The van der Waals surface area contributed by atoms with E-state index in [0.717, 1.165) is 5.56 Å². The molecule has 1 aromatic rings. The van der Waals surface area contributed by atoms with Crippen molar-refractivity contribution in [1.82, 2.24) is 5.32 Å². The van der Waals surface area contributed by atoms with Crippen molar-refractivity contribution in [3.8, 4) is 5.75 Å². The molecule has 18 heavy (non-hydrogen) atoms. The van der Waals surface area contributed by atoms with E-state index in [9.17, 15) is 9.59 Å². The van der Waals surface area contributed by atoms with Gasteiger partial charge in [0.15, 0.2) is 0 Å². The van der Waals surface area contributed by atoms with E-state index < -0.39 is 5.97 Å².